The second-order valence-electron chi connectivity index (χ2n) is 7.34. The van der Waals surface area contributed by atoms with E-state index in [4.69, 9.17) is 4.52 Å². The van der Waals surface area contributed by atoms with Crippen molar-refractivity contribution in [3.63, 3.8) is 0 Å². The van der Waals surface area contributed by atoms with Gasteiger partial charge in [-0.3, -0.25) is 4.79 Å². The van der Waals surface area contributed by atoms with Gasteiger partial charge in [0.2, 0.25) is 0 Å². The zero-order chi connectivity index (χ0) is 18.3. The van der Waals surface area contributed by atoms with Crippen molar-refractivity contribution in [2.24, 2.45) is 5.92 Å². The highest BCUT2D eigenvalue weighted by Crippen LogP contribution is 2.29. The van der Waals surface area contributed by atoms with E-state index in [9.17, 15) is 4.79 Å². The summed E-state index contributed by atoms with van der Waals surface area (Å²) in [6.07, 6.45) is 2.10. The first kappa shape index (κ1) is 16.8. The minimum atomic E-state index is 0.0453. The Balaban J connectivity index is 1.80. The third-order valence-corrected chi connectivity index (χ3v) is 5.27. The number of likely N-dealkylation sites (tertiary alicyclic amines) is 1. The van der Waals surface area contributed by atoms with E-state index in [0.717, 1.165) is 42.6 Å². The lowest BCUT2D eigenvalue weighted by Gasteiger charge is -2.30. The average molecular weight is 349 g/mol. The van der Waals surface area contributed by atoms with Gasteiger partial charge in [-0.25, -0.2) is 4.98 Å². The number of hydrogen-bond donors (Lipinski definition) is 0. The van der Waals surface area contributed by atoms with Gasteiger partial charge in [0, 0.05) is 18.7 Å². The second kappa shape index (κ2) is 6.56. The molecule has 1 saturated heterocycles. The molecule has 0 spiro atoms. The summed E-state index contributed by atoms with van der Waals surface area (Å²) in [5.41, 5.74) is 4.66. The molecule has 5 heteroatoms. The van der Waals surface area contributed by atoms with Crippen LogP contribution in [0.2, 0.25) is 0 Å². The van der Waals surface area contributed by atoms with Crippen molar-refractivity contribution in [1.29, 1.82) is 0 Å². The Kier molecular flexibility index (Phi) is 4.23. The second-order valence-corrected chi connectivity index (χ2v) is 7.34. The molecule has 134 valence electrons. The molecule has 1 aliphatic heterocycles. The van der Waals surface area contributed by atoms with E-state index in [1.807, 2.05) is 49.1 Å². The number of rotatable bonds is 2. The van der Waals surface area contributed by atoms with E-state index in [1.54, 1.807) is 0 Å². The van der Waals surface area contributed by atoms with E-state index < -0.39 is 0 Å². The molecule has 0 aliphatic carbocycles. The van der Waals surface area contributed by atoms with Crippen molar-refractivity contribution in [2.45, 2.75) is 33.6 Å². The van der Waals surface area contributed by atoms with Crippen LogP contribution in [0.4, 0.5) is 0 Å². The van der Waals surface area contributed by atoms with Crippen LogP contribution in [0, 0.1) is 19.8 Å². The largest absolute Gasteiger partial charge is 0.339 e. The van der Waals surface area contributed by atoms with Gasteiger partial charge >= 0.3 is 0 Å². The SMILES string of the molecule is Cc1ccc(-c2cc(C(=O)N3CCC(C)CC3)c3c(C)noc3n2)cc1. The molecule has 0 atom stereocenters. The van der Waals surface area contributed by atoms with Crippen LogP contribution in [-0.2, 0) is 0 Å². The van der Waals surface area contributed by atoms with Crippen molar-refractivity contribution in [3.8, 4) is 11.3 Å². The van der Waals surface area contributed by atoms with Crippen molar-refractivity contribution in [3.05, 3.63) is 47.2 Å². The molecule has 2 aromatic heterocycles. The predicted octanol–water partition coefficient (Wildman–Crippen LogP) is 4.38. The first-order chi connectivity index (χ1) is 12.5. The fourth-order valence-corrected chi connectivity index (χ4v) is 3.52. The number of carbonyl (C=O) groups excluding carboxylic acids is 1. The number of aryl methyl sites for hydroxylation is 2. The van der Waals surface area contributed by atoms with Crippen LogP contribution in [0.1, 0.15) is 41.4 Å². The molecule has 4 rings (SSSR count). The van der Waals surface area contributed by atoms with Crippen molar-refractivity contribution >= 4 is 17.0 Å². The quantitative estimate of drug-likeness (QED) is 0.689. The number of benzene rings is 1. The number of aromatic nitrogens is 2. The molecule has 5 nitrogen and oxygen atoms in total. The molecule has 1 fully saturated rings. The van der Waals surface area contributed by atoms with Crippen LogP contribution >= 0.6 is 0 Å². The molecule has 0 bridgehead atoms. The molecule has 1 amide bonds. The number of nitrogens with zero attached hydrogens (tertiary/aromatic N) is 3. The Morgan fingerprint density at radius 2 is 1.85 bits per heavy atom. The summed E-state index contributed by atoms with van der Waals surface area (Å²) in [4.78, 5) is 19.8. The minimum absolute atomic E-state index is 0.0453. The summed E-state index contributed by atoms with van der Waals surface area (Å²) >= 11 is 0. The van der Waals surface area contributed by atoms with E-state index in [2.05, 4.69) is 17.1 Å². The smallest absolute Gasteiger partial charge is 0.259 e. The number of fused-ring (bicyclic) bond motifs is 1. The number of amides is 1. The van der Waals surface area contributed by atoms with Gasteiger partial charge in [0.15, 0.2) is 0 Å². The van der Waals surface area contributed by atoms with E-state index in [0.29, 0.717) is 22.9 Å². The highest BCUT2D eigenvalue weighted by Gasteiger charge is 2.26. The topological polar surface area (TPSA) is 59.2 Å². The van der Waals surface area contributed by atoms with Gasteiger partial charge in [-0.15, -0.1) is 0 Å². The normalized spacial score (nSPS) is 15.6. The minimum Gasteiger partial charge on any atom is -0.339 e. The Morgan fingerprint density at radius 1 is 1.15 bits per heavy atom. The Morgan fingerprint density at radius 3 is 2.54 bits per heavy atom. The van der Waals surface area contributed by atoms with Gasteiger partial charge < -0.3 is 9.42 Å². The third-order valence-electron chi connectivity index (χ3n) is 5.27. The number of carbonyl (C=O) groups is 1. The fourth-order valence-electron chi connectivity index (χ4n) is 3.52. The van der Waals surface area contributed by atoms with Gasteiger partial charge in [0.25, 0.3) is 11.6 Å². The number of pyridine rings is 1. The van der Waals surface area contributed by atoms with Gasteiger partial charge in [0.1, 0.15) is 0 Å². The first-order valence-electron chi connectivity index (χ1n) is 9.16. The van der Waals surface area contributed by atoms with Crippen molar-refractivity contribution in [2.75, 3.05) is 13.1 Å². The van der Waals surface area contributed by atoms with E-state index >= 15 is 0 Å². The Bertz CT molecular complexity index is 951. The molecule has 1 aliphatic rings. The molecular formula is C21H23N3O2. The Labute approximate surface area is 153 Å². The monoisotopic (exact) mass is 349 g/mol. The maximum atomic E-state index is 13.2. The third kappa shape index (κ3) is 2.98. The van der Waals surface area contributed by atoms with Crippen LogP contribution in [-0.4, -0.2) is 34.0 Å². The molecule has 0 N–H and O–H groups in total. The van der Waals surface area contributed by atoms with Crippen LogP contribution < -0.4 is 0 Å². The molecule has 3 heterocycles. The summed E-state index contributed by atoms with van der Waals surface area (Å²) in [7, 11) is 0. The molecule has 0 radical (unpaired) electrons. The summed E-state index contributed by atoms with van der Waals surface area (Å²) in [5, 5.41) is 4.76. The Hall–Kier alpha value is -2.69. The highest BCUT2D eigenvalue weighted by atomic mass is 16.5. The lowest BCUT2D eigenvalue weighted by atomic mass is 9.97. The van der Waals surface area contributed by atoms with E-state index in [-0.39, 0.29) is 5.91 Å². The number of hydrogen-bond acceptors (Lipinski definition) is 4. The summed E-state index contributed by atoms with van der Waals surface area (Å²) < 4.78 is 5.40. The standard InChI is InChI=1S/C21H23N3O2/c1-13-4-6-16(7-5-13)18-12-17(19-15(3)23-26-20(19)22-18)21(25)24-10-8-14(2)9-11-24/h4-7,12,14H,8-11H2,1-3H3. The van der Waals surface area contributed by atoms with Crippen LogP contribution in [0.3, 0.4) is 0 Å². The maximum absolute atomic E-state index is 13.2. The zero-order valence-electron chi connectivity index (χ0n) is 15.5. The van der Waals surface area contributed by atoms with Crippen LogP contribution in [0.15, 0.2) is 34.9 Å². The van der Waals surface area contributed by atoms with E-state index in [1.165, 1.54) is 5.56 Å². The van der Waals surface area contributed by atoms with Crippen LogP contribution in [0.5, 0.6) is 0 Å². The highest BCUT2D eigenvalue weighted by molar-refractivity contribution is 6.07. The lowest BCUT2D eigenvalue weighted by Crippen LogP contribution is -2.38. The van der Waals surface area contributed by atoms with Gasteiger partial charge in [-0.05, 0) is 38.7 Å². The number of piperidine rings is 1. The average Bonchev–Trinajstić information content (AvgIpc) is 3.03. The lowest BCUT2D eigenvalue weighted by molar-refractivity contribution is 0.0699. The fraction of sp³-hybridized carbons (Fsp3) is 0.381. The first-order valence-corrected chi connectivity index (χ1v) is 9.16. The van der Waals surface area contributed by atoms with Gasteiger partial charge in [0.05, 0.1) is 22.3 Å². The summed E-state index contributed by atoms with van der Waals surface area (Å²) in [6, 6.07) is 10.0. The predicted molar refractivity (Wildman–Crippen MR) is 101 cm³/mol. The molecule has 1 aromatic carbocycles. The zero-order valence-corrected chi connectivity index (χ0v) is 15.5. The molecule has 0 unspecified atom stereocenters. The molecule has 26 heavy (non-hydrogen) atoms. The maximum Gasteiger partial charge on any atom is 0.259 e. The van der Waals surface area contributed by atoms with Crippen molar-refractivity contribution in [1.82, 2.24) is 15.0 Å². The molecule has 0 saturated carbocycles. The van der Waals surface area contributed by atoms with Crippen molar-refractivity contribution < 1.29 is 9.32 Å². The van der Waals surface area contributed by atoms with Crippen LogP contribution in [0.25, 0.3) is 22.4 Å². The van der Waals surface area contributed by atoms with Gasteiger partial charge in [-0.1, -0.05) is 41.9 Å². The summed E-state index contributed by atoms with van der Waals surface area (Å²) in [5.74, 6) is 0.723. The van der Waals surface area contributed by atoms with Gasteiger partial charge in [-0.2, -0.15) is 0 Å². The summed E-state index contributed by atoms with van der Waals surface area (Å²) in [6.45, 7) is 7.74. The molecular weight excluding hydrogens is 326 g/mol. The molecule has 3 aromatic rings.